The summed E-state index contributed by atoms with van der Waals surface area (Å²) in [5.41, 5.74) is 0.510. The van der Waals surface area contributed by atoms with Crippen molar-refractivity contribution in [2.75, 3.05) is 7.11 Å². The minimum absolute atomic E-state index is 0.108. The van der Waals surface area contributed by atoms with Crippen LogP contribution in [0.15, 0.2) is 32.6 Å². The van der Waals surface area contributed by atoms with E-state index in [0.717, 1.165) is 4.47 Å². The number of halogens is 1. The van der Waals surface area contributed by atoms with Gasteiger partial charge in [0.25, 0.3) is 5.56 Å². The Kier molecular flexibility index (Phi) is 5.05. The van der Waals surface area contributed by atoms with Gasteiger partial charge >= 0.3 is 5.97 Å². The number of fused-ring (bicyclic) bond motifs is 1. The van der Waals surface area contributed by atoms with Crippen LogP contribution in [0, 0.1) is 0 Å². The largest absolute Gasteiger partial charge is 0.468 e. The number of nitrogens with zero attached hydrogens (tertiary/aromatic N) is 2. The zero-order chi connectivity index (χ0) is 15.6. The average molecular weight is 371 g/mol. The highest BCUT2D eigenvalue weighted by atomic mass is 79.9. The van der Waals surface area contributed by atoms with Crippen molar-refractivity contribution in [1.82, 2.24) is 9.55 Å². The molecule has 0 fully saturated rings. The fourth-order valence-corrected chi connectivity index (χ4v) is 3.27. The first kappa shape index (κ1) is 16.0. The van der Waals surface area contributed by atoms with Crippen LogP contribution < -0.4 is 5.56 Å². The molecule has 0 bridgehead atoms. The van der Waals surface area contributed by atoms with E-state index in [1.54, 1.807) is 23.6 Å². The Morgan fingerprint density at radius 3 is 2.86 bits per heavy atom. The first-order valence-electron chi connectivity index (χ1n) is 6.42. The molecule has 21 heavy (non-hydrogen) atoms. The van der Waals surface area contributed by atoms with Crippen LogP contribution >= 0.6 is 27.7 Å². The van der Waals surface area contributed by atoms with Crippen molar-refractivity contribution >= 4 is 44.6 Å². The molecule has 0 aliphatic heterocycles. The molecule has 0 amide bonds. The van der Waals surface area contributed by atoms with Gasteiger partial charge in [-0.25, -0.2) is 4.98 Å². The van der Waals surface area contributed by atoms with Gasteiger partial charge in [0.05, 0.1) is 18.0 Å². The topological polar surface area (TPSA) is 61.2 Å². The van der Waals surface area contributed by atoms with Gasteiger partial charge in [0.15, 0.2) is 5.16 Å². The molecule has 1 heterocycles. The highest BCUT2D eigenvalue weighted by molar-refractivity contribution is 9.10. The van der Waals surface area contributed by atoms with E-state index in [0.29, 0.717) is 22.6 Å². The molecule has 2 aromatic rings. The number of thioether (sulfide) groups is 1. The number of rotatable bonds is 4. The molecular weight excluding hydrogens is 356 g/mol. The van der Waals surface area contributed by atoms with Crippen LogP contribution in [0.2, 0.25) is 0 Å². The summed E-state index contributed by atoms with van der Waals surface area (Å²) in [5.74, 6) is -0.340. The van der Waals surface area contributed by atoms with Gasteiger partial charge in [-0.15, -0.1) is 0 Å². The van der Waals surface area contributed by atoms with Gasteiger partial charge in [-0.2, -0.15) is 0 Å². The molecule has 0 N–H and O–H groups in total. The van der Waals surface area contributed by atoms with Crippen LogP contribution in [-0.4, -0.2) is 27.9 Å². The fourth-order valence-electron chi connectivity index (χ4n) is 1.91. The second kappa shape index (κ2) is 6.62. The van der Waals surface area contributed by atoms with E-state index in [1.165, 1.54) is 18.9 Å². The molecule has 5 nitrogen and oxygen atoms in total. The highest BCUT2D eigenvalue weighted by Crippen LogP contribution is 2.24. The van der Waals surface area contributed by atoms with Crippen molar-refractivity contribution in [3.63, 3.8) is 0 Å². The minimum atomic E-state index is -0.424. The van der Waals surface area contributed by atoms with Gasteiger partial charge in [-0.3, -0.25) is 14.2 Å². The Morgan fingerprint density at radius 2 is 2.24 bits per heavy atom. The summed E-state index contributed by atoms with van der Waals surface area (Å²) >= 11 is 4.58. The quantitative estimate of drug-likeness (QED) is 0.470. The van der Waals surface area contributed by atoms with Crippen molar-refractivity contribution in [3.8, 4) is 0 Å². The highest BCUT2D eigenvalue weighted by Gasteiger charge is 2.19. The molecule has 7 heteroatoms. The number of aromatic nitrogens is 2. The van der Waals surface area contributed by atoms with Gasteiger partial charge in [0, 0.05) is 11.0 Å². The maximum atomic E-state index is 12.5. The summed E-state index contributed by atoms with van der Waals surface area (Å²) in [6, 6.07) is 5.38. The molecule has 1 unspecified atom stereocenters. The fraction of sp³-hybridized carbons (Fsp3) is 0.357. The van der Waals surface area contributed by atoms with Gasteiger partial charge in [-0.1, -0.05) is 27.7 Å². The van der Waals surface area contributed by atoms with Crippen molar-refractivity contribution in [3.05, 3.63) is 33.0 Å². The molecule has 1 aromatic heterocycles. The van der Waals surface area contributed by atoms with Crippen molar-refractivity contribution in [2.45, 2.75) is 30.8 Å². The Labute approximate surface area is 134 Å². The Morgan fingerprint density at radius 1 is 1.52 bits per heavy atom. The van der Waals surface area contributed by atoms with E-state index in [1.807, 2.05) is 13.0 Å². The minimum Gasteiger partial charge on any atom is -0.468 e. The predicted octanol–water partition coefficient (Wildman–Crippen LogP) is 2.83. The lowest BCUT2D eigenvalue weighted by atomic mass is 10.2. The van der Waals surface area contributed by atoms with Crippen LogP contribution in [0.4, 0.5) is 0 Å². The molecule has 1 atom stereocenters. The van der Waals surface area contributed by atoms with Crippen molar-refractivity contribution in [2.24, 2.45) is 0 Å². The zero-order valence-corrected chi connectivity index (χ0v) is 14.3. The Bertz CT molecular complexity index is 745. The van der Waals surface area contributed by atoms with Crippen molar-refractivity contribution < 1.29 is 9.53 Å². The third kappa shape index (κ3) is 3.29. The first-order chi connectivity index (χ1) is 9.97. The van der Waals surface area contributed by atoms with Gasteiger partial charge in [0.2, 0.25) is 0 Å². The lowest BCUT2D eigenvalue weighted by Crippen LogP contribution is -2.24. The molecule has 112 valence electrons. The van der Waals surface area contributed by atoms with Crippen LogP contribution in [0.25, 0.3) is 10.9 Å². The standard InChI is InChI=1S/C14H15BrN2O3S/c1-4-17-12(18)10-7-9(15)5-6-11(10)16-14(17)21-8(2)13(19)20-3/h5-8H,4H2,1-3H3. The number of methoxy groups -OCH3 is 1. The van der Waals surface area contributed by atoms with Crippen LogP contribution in [0.3, 0.4) is 0 Å². The normalized spacial score (nSPS) is 12.4. The van der Waals surface area contributed by atoms with E-state index in [9.17, 15) is 9.59 Å². The van der Waals surface area contributed by atoms with Gasteiger partial charge in [-0.05, 0) is 32.0 Å². The summed E-state index contributed by atoms with van der Waals surface area (Å²) in [7, 11) is 1.34. The molecule has 0 spiro atoms. The van der Waals surface area contributed by atoms with Gasteiger partial charge in [0.1, 0.15) is 5.25 Å². The number of carbonyl (C=O) groups excluding carboxylic acids is 1. The number of carbonyl (C=O) groups is 1. The summed E-state index contributed by atoms with van der Waals surface area (Å²) in [6.07, 6.45) is 0. The number of esters is 1. The monoisotopic (exact) mass is 370 g/mol. The summed E-state index contributed by atoms with van der Waals surface area (Å²) in [5, 5.41) is 0.657. The Balaban J connectivity index is 2.56. The average Bonchev–Trinajstić information content (AvgIpc) is 2.47. The molecule has 0 aliphatic carbocycles. The van der Waals surface area contributed by atoms with E-state index in [-0.39, 0.29) is 11.5 Å². The third-order valence-corrected chi connectivity index (χ3v) is 4.57. The lowest BCUT2D eigenvalue weighted by Gasteiger charge is -2.14. The second-order valence-electron chi connectivity index (χ2n) is 4.39. The zero-order valence-electron chi connectivity index (χ0n) is 11.9. The number of hydrogen-bond acceptors (Lipinski definition) is 5. The van der Waals surface area contributed by atoms with Crippen LogP contribution in [-0.2, 0) is 16.1 Å². The molecule has 1 aromatic carbocycles. The maximum Gasteiger partial charge on any atom is 0.318 e. The number of hydrogen-bond donors (Lipinski definition) is 0. The Hall–Kier alpha value is -1.34. The molecule has 0 saturated carbocycles. The maximum absolute atomic E-state index is 12.5. The molecule has 0 aliphatic rings. The van der Waals surface area contributed by atoms with Gasteiger partial charge < -0.3 is 4.74 Å². The second-order valence-corrected chi connectivity index (χ2v) is 6.61. The smallest absolute Gasteiger partial charge is 0.318 e. The molecular formula is C14H15BrN2O3S. The lowest BCUT2D eigenvalue weighted by molar-refractivity contribution is -0.139. The summed E-state index contributed by atoms with van der Waals surface area (Å²) < 4.78 is 7.11. The van der Waals surface area contributed by atoms with E-state index >= 15 is 0 Å². The molecule has 0 radical (unpaired) electrons. The predicted molar refractivity (Wildman–Crippen MR) is 86.7 cm³/mol. The molecule has 2 rings (SSSR count). The molecule has 0 saturated heterocycles. The summed E-state index contributed by atoms with van der Waals surface area (Å²) in [6.45, 7) is 4.10. The van der Waals surface area contributed by atoms with E-state index < -0.39 is 5.25 Å². The van der Waals surface area contributed by atoms with E-state index in [4.69, 9.17) is 4.74 Å². The third-order valence-electron chi connectivity index (χ3n) is 3.01. The SMILES string of the molecule is CCn1c(SC(C)C(=O)OC)nc2ccc(Br)cc2c1=O. The van der Waals surface area contributed by atoms with Crippen molar-refractivity contribution in [1.29, 1.82) is 0 Å². The van der Waals surface area contributed by atoms with E-state index in [2.05, 4.69) is 20.9 Å². The van der Waals surface area contributed by atoms with Crippen LogP contribution in [0.5, 0.6) is 0 Å². The van der Waals surface area contributed by atoms with Crippen LogP contribution in [0.1, 0.15) is 13.8 Å². The first-order valence-corrected chi connectivity index (χ1v) is 8.09. The number of benzene rings is 1. The summed E-state index contributed by atoms with van der Waals surface area (Å²) in [4.78, 5) is 28.6. The number of ether oxygens (including phenoxy) is 1.